The largest absolute Gasteiger partial charge is 0.460 e. The lowest BCUT2D eigenvalue weighted by Crippen LogP contribution is -2.34. The minimum Gasteiger partial charge on any atom is -0.460 e. The SMILES string of the molecule is C1=Cc2c(oc3ccc4cc(C5=CC=C(N(c6ccccc6-c6ccccc6)C6C=CC(c7ccc8ccccc8c7)=CC6)CC5)ccc4c23)CC1. The van der Waals surface area contributed by atoms with Gasteiger partial charge in [0.1, 0.15) is 11.3 Å². The molecule has 0 bridgehead atoms. The first-order valence-corrected chi connectivity index (χ1v) is 18.6. The number of furan rings is 1. The van der Waals surface area contributed by atoms with E-state index in [1.165, 1.54) is 77.3 Å². The first-order valence-electron chi connectivity index (χ1n) is 18.6. The van der Waals surface area contributed by atoms with Crippen molar-refractivity contribution >= 4 is 55.4 Å². The number of benzene rings is 6. The number of aryl methyl sites for hydroxylation is 1. The van der Waals surface area contributed by atoms with Crippen LogP contribution in [-0.2, 0) is 6.42 Å². The van der Waals surface area contributed by atoms with Crippen LogP contribution in [0.2, 0.25) is 0 Å². The van der Waals surface area contributed by atoms with E-state index in [-0.39, 0.29) is 6.04 Å². The Morgan fingerprint density at radius 1 is 0.615 bits per heavy atom. The van der Waals surface area contributed by atoms with E-state index in [1.807, 2.05) is 0 Å². The maximum Gasteiger partial charge on any atom is 0.135 e. The number of para-hydroxylation sites is 1. The van der Waals surface area contributed by atoms with Gasteiger partial charge in [0.2, 0.25) is 0 Å². The highest BCUT2D eigenvalue weighted by Crippen LogP contribution is 2.41. The van der Waals surface area contributed by atoms with Gasteiger partial charge in [0.05, 0.1) is 6.04 Å². The molecule has 1 aromatic heterocycles. The van der Waals surface area contributed by atoms with E-state index in [1.54, 1.807) is 0 Å². The van der Waals surface area contributed by atoms with Crippen molar-refractivity contribution in [2.75, 3.05) is 4.90 Å². The second-order valence-corrected chi connectivity index (χ2v) is 14.2. The van der Waals surface area contributed by atoms with Gasteiger partial charge in [0.25, 0.3) is 0 Å². The fourth-order valence-corrected chi connectivity index (χ4v) is 8.52. The monoisotopic (exact) mass is 669 g/mol. The molecule has 0 spiro atoms. The highest BCUT2D eigenvalue weighted by atomic mass is 16.3. The van der Waals surface area contributed by atoms with Crippen LogP contribution in [0.1, 0.15) is 48.1 Å². The third kappa shape index (κ3) is 5.43. The second-order valence-electron chi connectivity index (χ2n) is 14.2. The minimum atomic E-state index is 0.202. The van der Waals surface area contributed by atoms with Crippen LogP contribution < -0.4 is 4.90 Å². The molecule has 0 saturated heterocycles. The summed E-state index contributed by atoms with van der Waals surface area (Å²) >= 11 is 0. The van der Waals surface area contributed by atoms with Gasteiger partial charge < -0.3 is 9.32 Å². The van der Waals surface area contributed by atoms with Gasteiger partial charge in [-0.05, 0) is 105 Å². The van der Waals surface area contributed by atoms with E-state index >= 15 is 0 Å². The van der Waals surface area contributed by atoms with Crippen LogP contribution in [0, 0.1) is 0 Å². The van der Waals surface area contributed by atoms with Gasteiger partial charge >= 0.3 is 0 Å². The van der Waals surface area contributed by atoms with Crippen molar-refractivity contribution in [3.63, 3.8) is 0 Å². The Hall–Kier alpha value is -6.12. The maximum absolute atomic E-state index is 6.26. The smallest absolute Gasteiger partial charge is 0.135 e. The minimum absolute atomic E-state index is 0.202. The topological polar surface area (TPSA) is 16.4 Å². The second kappa shape index (κ2) is 12.9. The molecule has 3 aliphatic carbocycles. The molecule has 250 valence electrons. The quantitative estimate of drug-likeness (QED) is 0.175. The summed E-state index contributed by atoms with van der Waals surface area (Å²) in [5.41, 5.74) is 12.6. The molecule has 2 nitrogen and oxygen atoms in total. The fourth-order valence-electron chi connectivity index (χ4n) is 8.52. The van der Waals surface area contributed by atoms with Crippen LogP contribution in [0.25, 0.3) is 60.9 Å². The first-order chi connectivity index (χ1) is 25.8. The molecule has 52 heavy (non-hydrogen) atoms. The molecule has 2 heteroatoms. The highest BCUT2D eigenvalue weighted by Gasteiger charge is 2.26. The molecule has 1 heterocycles. The Bertz CT molecular complexity index is 2660. The molecule has 1 atom stereocenters. The molecule has 3 aliphatic rings. The molecule has 0 fully saturated rings. The number of nitrogens with zero attached hydrogens (tertiary/aromatic N) is 1. The van der Waals surface area contributed by atoms with Gasteiger partial charge in [0.15, 0.2) is 0 Å². The average molecular weight is 670 g/mol. The highest BCUT2D eigenvalue weighted by molar-refractivity contribution is 6.11. The van der Waals surface area contributed by atoms with E-state index in [9.17, 15) is 0 Å². The van der Waals surface area contributed by atoms with Crippen molar-refractivity contribution in [1.82, 2.24) is 0 Å². The maximum atomic E-state index is 6.26. The molecule has 0 aliphatic heterocycles. The number of rotatable bonds is 6. The average Bonchev–Trinajstić information content (AvgIpc) is 3.61. The van der Waals surface area contributed by atoms with Crippen LogP contribution in [-0.4, -0.2) is 6.04 Å². The molecule has 7 aromatic rings. The van der Waals surface area contributed by atoms with Crippen molar-refractivity contribution < 1.29 is 4.42 Å². The molecule has 0 amide bonds. The summed E-state index contributed by atoms with van der Waals surface area (Å²) in [4.78, 5) is 2.60. The summed E-state index contributed by atoms with van der Waals surface area (Å²) < 4.78 is 6.26. The van der Waals surface area contributed by atoms with E-state index in [4.69, 9.17) is 4.42 Å². The predicted molar refractivity (Wildman–Crippen MR) is 220 cm³/mol. The molecular formula is C50H39NO. The van der Waals surface area contributed by atoms with Gasteiger partial charge in [0, 0.05) is 34.3 Å². The zero-order chi connectivity index (χ0) is 34.4. The fraction of sp³-hybridized carbons (Fsp3) is 0.120. The predicted octanol–water partition coefficient (Wildman–Crippen LogP) is 13.3. The van der Waals surface area contributed by atoms with Crippen LogP contribution in [0.3, 0.4) is 0 Å². The third-order valence-electron chi connectivity index (χ3n) is 11.2. The standard InChI is InChI=1S/C50H39NO/c1-2-11-37(12-3-1)44-14-6-8-16-47(44)51(42-26-20-35(21-27-42)39-19-18-34-10-4-5-13-38(34)32-39)43-28-22-36(23-29-43)40-24-30-45-41(33-40)25-31-49-50(45)46-15-7-9-17-48(46)52-49/h1-8,10-16,18-22,24-26,28,30-33,42H,9,17,23,27,29H2. The summed E-state index contributed by atoms with van der Waals surface area (Å²) in [6.45, 7) is 0. The van der Waals surface area contributed by atoms with Crippen molar-refractivity contribution in [1.29, 1.82) is 0 Å². The van der Waals surface area contributed by atoms with Gasteiger partial charge in [-0.1, -0.05) is 140 Å². The number of hydrogen-bond donors (Lipinski definition) is 0. The summed E-state index contributed by atoms with van der Waals surface area (Å²) in [7, 11) is 0. The first kappa shape index (κ1) is 30.7. The molecular weight excluding hydrogens is 631 g/mol. The van der Waals surface area contributed by atoms with Crippen molar-refractivity contribution in [2.45, 2.75) is 38.1 Å². The van der Waals surface area contributed by atoms with E-state index in [0.29, 0.717) is 0 Å². The molecule has 10 rings (SSSR count). The lowest BCUT2D eigenvalue weighted by molar-refractivity contribution is 0.546. The normalized spacial score (nSPS) is 16.8. The number of hydrogen-bond acceptors (Lipinski definition) is 2. The Morgan fingerprint density at radius 3 is 2.29 bits per heavy atom. The zero-order valence-electron chi connectivity index (χ0n) is 29.1. The van der Waals surface area contributed by atoms with Gasteiger partial charge in [-0.15, -0.1) is 0 Å². The third-order valence-corrected chi connectivity index (χ3v) is 11.2. The van der Waals surface area contributed by atoms with Crippen molar-refractivity contribution in [2.24, 2.45) is 0 Å². The van der Waals surface area contributed by atoms with E-state index in [0.717, 1.165) is 43.4 Å². The van der Waals surface area contributed by atoms with Gasteiger partial charge in [-0.25, -0.2) is 0 Å². The lowest BCUT2D eigenvalue weighted by atomic mass is 9.90. The van der Waals surface area contributed by atoms with E-state index in [2.05, 4.69) is 175 Å². The Morgan fingerprint density at radius 2 is 1.42 bits per heavy atom. The van der Waals surface area contributed by atoms with Crippen LogP contribution in [0.4, 0.5) is 5.69 Å². The van der Waals surface area contributed by atoms with Gasteiger partial charge in [-0.3, -0.25) is 0 Å². The molecule has 0 saturated carbocycles. The Kier molecular flexibility index (Phi) is 7.61. The van der Waals surface area contributed by atoms with Crippen LogP contribution >= 0.6 is 0 Å². The number of allylic oxidation sites excluding steroid dienone is 7. The van der Waals surface area contributed by atoms with Crippen LogP contribution in [0.15, 0.2) is 174 Å². The summed E-state index contributed by atoms with van der Waals surface area (Å²) in [6.07, 6.45) is 21.4. The molecule has 6 aromatic carbocycles. The Labute approximate surface area is 305 Å². The van der Waals surface area contributed by atoms with Crippen LogP contribution in [0.5, 0.6) is 0 Å². The lowest BCUT2D eigenvalue weighted by Gasteiger charge is -2.37. The summed E-state index contributed by atoms with van der Waals surface area (Å²) in [6, 6.07) is 46.7. The molecule has 1 unspecified atom stereocenters. The van der Waals surface area contributed by atoms with Gasteiger partial charge in [-0.2, -0.15) is 0 Å². The van der Waals surface area contributed by atoms with E-state index < -0.39 is 0 Å². The molecule has 0 N–H and O–H groups in total. The van der Waals surface area contributed by atoms with Crippen molar-refractivity contribution in [3.05, 3.63) is 192 Å². The molecule has 0 radical (unpaired) electrons. The van der Waals surface area contributed by atoms with Crippen molar-refractivity contribution in [3.8, 4) is 11.1 Å². The summed E-state index contributed by atoms with van der Waals surface area (Å²) in [5, 5.41) is 6.35. The number of fused-ring (bicyclic) bond motifs is 6. The Balaban J connectivity index is 1.01. The zero-order valence-corrected chi connectivity index (χ0v) is 29.1. The number of anilines is 1. The summed E-state index contributed by atoms with van der Waals surface area (Å²) in [5.74, 6) is 1.12.